The molecular weight excluding hydrogens is 276 g/mol. The molecule has 0 aromatic heterocycles. The summed E-state index contributed by atoms with van der Waals surface area (Å²) in [5, 5.41) is 12.9. The van der Waals surface area contributed by atoms with Crippen LogP contribution in [0.3, 0.4) is 0 Å². The molecule has 2 atom stereocenters. The van der Waals surface area contributed by atoms with Gasteiger partial charge in [-0.1, -0.05) is 25.7 Å². The van der Waals surface area contributed by atoms with E-state index in [0.29, 0.717) is 18.4 Å². The summed E-state index contributed by atoms with van der Waals surface area (Å²) in [4.78, 5) is 13.7. The molecule has 2 aliphatic carbocycles. The standard InChI is InChI=1S/C18H32N2O2/c21-18(22)10-15-9-16(13-20(12-15)17-7-4-8-17)19-11-14-5-2-1-3-6-14/h14-17,19H,1-13H2,(H,21,22). The van der Waals surface area contributed by atoms with E-state index in [1.165, 1.54) is 51.4 Å². The zero-order chi connectivity index (χ0) is 15.4. The quantitative estimate of drug-likeness (QED) is 0.792. The monoisotopic (exact) mass is 308 g/mol. The Morgan fingerprint density at radius 1 is 1.00 bits per heavy atom. The van der Waals surface area contributed by atoms with Crippen molar-refractivity contribution in [2.45, 2.75) is 76.3 Å². The van der Waals surface area contributed by atoms with Gasteiger partial charge < -0.3 is 10.4 Å². The van der Waals surface area contributed by atoms with Crippen LogP contribution in [0.2, 0.25) is 0 Å². The molecule has 2 saturated carbocycles. The van der Waals surface area contributed by atoms with Crippen molar-refractivity contribution in [3.63, 3.8) is 0 Å². The minimum Gasteiger partial charge on any atom is -0.481 e. The molecule has 1 saturated heterocycles. The van der Waals surface area contributed by atoms with Crippen LogP contribution < -0.4 is 5.32 Å². The maximum Gasteiger partial charge on any atom is 0.303 e. The number of nitrogens with zero attached hydrogens (tertiary/aromatic N) is 1. The predicted octanol–water partition coefficient (Wildman–Crippen LogP) is 2.87. The third-order valence-corrected chi connectivity index (χ3v) is 6.04. The highest BCUT2D eigenvalue weighted by molar-refractivity contribution is 5.67. The van der Waals surface area contributed by atoms with Crippen LogP contribution in [0.5, 0.6) is 0 Å². The second-order valence-corrected chi connectivity index (χ2v) is 7.85. The van der Waals surface area contributed by atoms with E-state index in [9.17, 15) is 4.79 Å². The molecule has 1 heterocycles. The molecule has 0 radical (unpaired) electrons. The van der Waals surface area contributed by atoms with Gasteiger partial charge in [-0.15, -0.1) is 0 Å². The first-order chi connectivity index (χ1) is 10.7. The summed E-state index contributed by atoms with van der Waals surface area (Å²) >= 11 is 0. The molecular formula is C18H32N2O2. The molecule has 3 aliphatic rings. The summed E-state index contributed by atoms with van der Waals surface area (Å²) < 4.78 is 0. The summed E-state index contributed by atoms with van der Waals surface area (Å²) in [5.41, 5.74) is 0. The van der Waals surface area contributed by atoms with Gasteiger partial charge in [0.05, 0.1) is 0 Å². The molecule has 0 amide bonds. The van der Waals surface area contributed by atoms with E-state index in [2.05, 4.69) is 10.2 Å². The second-order valence-electron chi connectivity index (χ2n) is 7.85. The molecule has 3 fully saturated rings. The van der Waals surface area contributed by atoms with Crippen LogP contribution >= 0.6 is 0 Å². The Balaban J connectivity index is 1.50. The number of likely N-dealkylation sites (tertiary alicyclic amines) is 1. The summed E-state index contributed by atoms with van der Waals surface area (Å²) in [6.07, 6.45) is 12.3. The first-order valence-corrected chi connectivity index (χ1v) is 9.40. The largest absolute Gasteiger partial charge is 0.481 e. The highest BCUT2D eigenvalue weighted by Gasteiger charge is 2.34. The molecule has 2 N–H and O–H groups in total. The number of rotatable bonds is 6. The van der Waals surface area contributed by atoms with Gasteiger partial charge in [0.1, 0.15) is 0 Å². The smallest absolute Gasteiger partial charge is 0.303 e. The average molecular weight is 308 g/mol. The molecule has 0 aromatic rings. The summed E-state index contributed by atoms with van der Waals surface area (Å²) in [7, 11) is 0. The fraction of sp³-hybridized carbons (Fsp3) is 0.944. The molecule has 126 valence electrons. The van der Waals surface area contributed by atoms with Crippen molar-refractivity contribution in [2.24, 2.45) is 11.8 Å². The Labute approximate surface area is 134 Å². The predicted molar refractivity (Wildman–Crippen MR) is 87.9 cm³/mol. The lowest BCUT2D eigenvalue weighted by molar-refractivity contribution is -0.138. The minimum absolute atomic E-state index is 0.329. The van der Waals surface area contributed by atoms with E-state index in [4.69, 9.17) is 5.11 Å². The Kier molecular flexibility index (Phi) is 5.75. The van der Waals surface area contributed by atoms with Gasteiger partial charge in [0, 0.05) is 31.6 Å². The van der Waals surface area contributed by atoms with Crippen molar-refractivity contribution in [1.82, 2.24) is 10.2 Å². The van der Waals surface area contributed by atoms with Crippen LogP contribution in [-0.4, -0.2) is 47.7 Å². The number of hydrogen-bond acceptors (Lipinski definition) is 3. The maximum absolute atomic E-state index is 11.1. The highest BCUT2D eigenvalue weighted by Crippen LogP contribution is 2.30. The molecule has 0 spiro atoms. The number of carbonyl (C=O) groups is 1. The Morgan fingerprint density at radius 3 is 2.41 bits per heavy atom. The van der Waals surface area contributed by atoms with E-state index in [0.717, 1.165) is 38.0 Å². The van der Waals surface area contributed by atoms with Crippen LogP contribution in [0, 0.1) is 11.8 Å². The molecule has 1 aliphatic heterocycles. The van der Waals surface area contributed by atoms with Crippen LogP contribution in [0.4, 0.5) is 0 Å². The van der Waals surface area contributed by atoms with Gasteiger partial charge in [0.2, 0.25) is 0 Å². The van der Waals surface area contributed by atoms with E-state index >= 15 is 0 Å². The van der Waals surface area contributed by atoms with Crippen LogP contribution in [-0.2, 0) is 4.79 Å². The lowest BCUT2D eigenvalue weighted by Crippen LogP contribution is -2.55. The molecule has 2 unspecified atom stereocenters. The first-order valence-electron chi connectivity index (χ1n) is 9.40. The minimum atomic E-state index is -0.633. The van der Waals surface area contributed by atoms with E-state index in [-0.39, 0.29) is 0 Å². The Hall–Kier alpha value is -0.610. The van der Waals surface area contributed by atoms with Crippen molar-refractivity contribution in [3.8, 4) is 0 Å². The molecule has 0 bridgehead atoms. The fourth-order valence-electron chi connectivity index (χ4n) is 4.56. The lowest BCUT2D eigenvalue weighted by Gasteiger charge is -2.45. The van der Waals surface area contributed by atoms with Crippen LogP contribution in [0.1, 0.15) is 64.2 Å². The van der Waals surface area contributed by atoms with Crippen molar-refractivity contribution in [1.29, 1.82) is 0 Å². The number of nitrogens with one attached hydrogen (secondary N) is 1. The SMILES string of the molecule is O=C(O)CC1CC(NCC2CCCCC2)CN(C2CCC2)C1. The zero-order valence-electron chi connectivity index (χ0n) is 13.8. The normalized spacial score (nSPS) is 31.8. The molecule has 22 heavy (non-hydrogen) atoms. The van der Waals surface area contributed by atoms with Crippen LogP contribution in [0.15, 0.2) is 0 Å². The van der Waals surface area contributed by atoms with Gasteiger partial charge in [-0.2, -0.15) is 0 Å². The number of aliphatic carboxylic acids is 1. The topological polar surface area (TPSA) is 52.6 Å². The van der Waals surface area contributed by atoms with Gasteiger partial charge in [-0.25, -0.2) is 0 Å². The number of hydrogen-bond donors (Lipinski definition) is 2. The van der Waals surface area contributed by atoms with E-state index in [1.54, 1.807) is 0 Å². The van der Waals surface area contributed by atoms with Gasteiger partial charge in [-0.05, 0) is 50.5 Å². The fourth-order valence-corrected chi connectivity index (χ4v) is 4.56. The average Bonchev–Trinajstić information content (AvgIpc) is 2.43. The number of carboxylic acid groups (broad SMARTS) is 1. The van der Waals surface area contributed by atoms with Gasteiger partial charge in [0.15, 0.2) is 0 Å². The van der Waals surface area contributed by atoms with Gasteiger partial charge in [0.25, 0.3) is 0 Å². The Morgan fingerprint density at radius 2 is 1.77 bits per heavy atom. The zero-order valence-corrected chi connectivity index (χ0v) is 13.8. The molecule has 3 rings (SSSR count). The molecule has 4 nitrogen and oxygen atoms in total. The van der Waals surface area contributed by atoms with E-state index < -0.39 is 5.97 Å². The second kappa shape index (κ2) is 7.78. The third-order valence-electron chi connectivity index (χ3n) is 6.04. The van der Waals surface area contributed by atoms with Gasteiger partial charge >= 0.3 is 5.97 Å². The van der Waals surface area contributed by atoms with Crippen molar-refractivity contribution in [3.05, 3.63) is 0 Å². The van der Waals surface area contributed by atoms with E-state index in [1.807, 2.05) is 0 Å². The first kappa shape index (κ1) is 16.3. The molecule has 0 aromatic carbocycles. The lowest BCUT2D eigenvalue weighted by atomic mass is 9.84. The van der Waals surface area contributed by atoms with Crippen molar-refractivity contribution in [2.75, 3.05) is 19.6 Å². The van der Waals surface area contributed by atoms with Crippen molar-refractivity contribution < 1.29 is 9.90 Å². The van der Waals surface area contributed by atoms with Crippen LogP contribution in [0.25, 0.3) is 0 Å². The van der Waals surface area contributed by atoms with Crippen molar-refractivity contribution >= 4 is 5.97 Å². The maximum atomic E-state index is 11.1. The summed E-state index contributed by atoms with van der Waals surface area (Å²) in [5.74, 6) is 0.549. The third kappa shape index (κ3) is 4.45. The summed E-state index contributed by atoms with van der Waals surface area (Å²) in [6.45, 7) is 3.27. The highest BCUT2D eigenvalue weighted by atomic mass is 16.4. The Bertz CT molecular complexity index is 364. The number of carboxylic acids is 1. The summed E-state index contributed by atoms with van der Waals surface area (Å²) in [6, 6.07) is 1.23. The number of piperidine rings is 1. The van der Waals surface area contributed by atoms with Gasteiger partial charge in [-0.3, -0.25) is 9.69 Å². The molecule has 4 heteroatoms.